The van der Waals surface area contributed by atoms with Crippen LogP contribution >= 0.6 is 23.4 Å². The zero-order valence-corrected chi connectivity index (χ0v) is 17.9. The number of aromatic nitrogens is 3. The van der Waals surface area contributed by atoms with Gasteiger partial charge >= 0.3 is 0 Å². The number of fused-ring (bicyclic) bond motifs is 1. The maximum atomic E-state index is 9.67. The van der Waals surface area contributed by atoms with E-state index in [4.69, 9.17) is 11.6 Å². The molecule has 4 nitrogen and oxygen atoms in total. The smallest absolute Gasteiger partial charge is 0.171 e. The lowest BCUT2D eigenvalue weighted by atomic mass is 10.2. The highest BCUT2D eigenvalue weighted by Gasteiger charge is 2.12. The summed E-state index contributed by atoms with van der Waals surface area (Å²) in [5, 5.41) is 11.1. The van der Waals surface area contributed by atoms with Gasteiger partial charge in [-0.05, 0) is 80.1 Å². The van der Waals surface area contributed by atoms with Crippen LogP contribution in [0.15, 0.2) is 58.6 Å². The lowest BCUT2D eigenvalue weighted by Gasteiger charge is -2.11. The van der Waals surface area contributed by atoms with Gasteiger partial charge in [0.05, 0.1) is 15.9 Å². The van der Waals surface area contributed by atoms with E-state index in [1.54, 1.807) is 0 Å². The number of imidazole rings is 1. The SMILES string of the molecule is Cc1ccc(-n2c(C)cc(/C=C(\C#N)Sc3nc4ccccc4[nH]3)c2C)cc1Cl. The maximum absolute atomic E-state index is 9.67. The number of H-pyrrole nitrogens is 1. The first-order valence-corrected chi connectivity index (χ1v) is 10.4. The molecular formula is C23H19ClN4S. The normalized spacial score (nSPS) is 11.8. The fourth-order valence-electron chi connectivity index (χ4n) is 3.36. The second-order valence-corrected chi connectivity index (χ2v) is 8.31. The standard InChI is InChI=1S/C23H19ClN4S/c1-14-8-9-18(12-20(14)24)28-15(2)10-17(16(28)3)11-19(13-25)29-23-26-21-6-4-5-7-22(21)27-23/h4-12H,1-3H3,(H,26,27)/b19-11+. The Bertz CT molecular complexity index is 1260. The van der Waals surface area contributed by atoms with Crippen LogP contribution in [0.5, 0.6) is 0 Å². The summed E-state index contributed by atoms with van der Waals surface area (Å²) in [6.07, 6.45) is 1.91. The molecule has 4 rings (SSSR count). The fourth-order valence-corrected chi connectivity index (χ4v) is 4.28. The first-order chi connectivity index (χ1) is 14.0. The van der Waals surface area contributed by atoms with Crippen molar-refractivity contribution < 1.29 is 0 Å². The third-order valence-electron chi connectivity index (χ3n) is 4.85. The quantitative estimate of drug-likeness (QED) is 0.300. The molecule has 6 heteroatoms. The third-order valence-corrected chi connectivity index (χ3v) is 6.08. The van der Waals surface area contributed by atoms with Crippen LogP contribution in [-0.2, 0) is 0 Å². The number of nitrogens with one attached hydrogen (secondary N) is 1. The van der Waals surface area contributed by atoms with Gasteiger partial charge in [0.15, 0.2) is 5.16 Å². The number of nitriles is 1. The molecule has 1 N–H and O–H groups in total. The van der Waals surface area contributed by atoms with Crippen molar-refractivity contribution in [1.82, 2.24) is 14.5 Å². The minimum Gasteiger partial charge on any atom is -0.333 e. The second-order valence-electron chi connectivity index (χ2n) is 6.88. The minimum absolute atomic E-state index is 0.575. The van der Waals surface area contributed by atoms with Crippen LogP contribution in [0.4, 0.5) is 0 Å². The third kappa shape index (κ3) is 3.82. The molecule has 0 spiro atoms. The second kappa shape index (κ2) is 7.82. The number of allylic oxidation sites excluding steroid dienone is 1. The van der Waals surface area contributed by atoms with Gasteiger partial charge in [0.2, 0.25) is 0 Å². The number of aryl methyl sites for hydroxylation is 2. The number of nitrogens with zero attached hydrogens (tertiary/aromatic N) is 3. The molecular weight excluding hydrogens is 400 g/mol. The summed E-state index contributed by atoms with van der Waals surface area (Å²) in [5.74, 6) is 0. The van der Waals surface area contributed by atoms with Crippen molar-refractivity contribution in [2.75, 3.05) is 0 Å². The number of halogens is 1. The molecule has 0 saturated carbocycles. The van der Waals surface area contributed by atoms with Gasteiger partial charge < -0.3 is 9.55 Å². The largest absolute Gasteiger partial charge is 0.333 e. The van der Waals surface area contributed by atoms with Crippen molar-refractivity contribution >= 4 is 40.5 Å². The van der Waals surface area contributed by atoms with Gasteiger partial charge in [-0.1, -0.05) is 29.8 Å². The van der Waals surface area contributed by atoms with Crippen LogP contribution in [0, 0.1) is 32.1 Å². The summed E-state index contributed by atoms with van der Waals surface area (Å²) in [7, 11) is 0. The first-order valence-electron chi connectivity index (χ1n) is 9.16. The van der Waals surface area contributed by atoms with Crippen LogP contribution < -0.4 is 0 Å². The average Bonchev–Trinajstić information content (AvgIpc) is 3.23. The van der Waals surface area contributed by atoms with Crippen molar-refractivity contribution in [1.29, 1.82) is 5.26 Å². The highest BCUT2D eigenvalue weighted by Crippen LogP contribution is 2.30. The molecule has 0 radical (unpaired) electrons. The summed E-state index contributed by atoms with van der Waals surface area (Å²) in [4.78, 5) is 8.38. The Morgan fingerprint density at radius 3 is 2.69 bits per heavy atom. The lowest BCUT2D eigenvalue weighted by Crippen LogP contribution is -1.99. The van der Waals surface area contributed by atoms with Crippen molar-refractivity contribution in [2.24, 2.45) is 0 Å². The minimum atomic E-state index is 0.575. The van der Waals surface area contributed by atoms with Gasteiger partial charge in [-0.25, -0.2) is 4.98 Å². The Balaban J connectivity index is 1.69. The van der Waals surface area contributed by atoms with Crippen LogP contribution in [0.25, 0.3) is 22.8 Å². The molecule has 0 saturated heterocycles. The van der Waals surface area contributed by atoms with Crippen molar-refractivity contribution in [2.45, 2.75) is 25.9 Å². The van der Waals surface area contributed by atoms with E-state index in [-0.39, 0.29) is 0 Å². The summed E-state index contributed by atoms with van der Waals surface area (Å²) in [6, 6.07) is 18.3. The van der Waals surface area contributed by atoms with Gasteiger partial charge in [-0.15, -0.1) is 0 Å². The van der Waals surface area contributed by atoms with Gasteiger partial charge in [0, 0.05) is 22.1 Å². The van der Waals surface area contributed by atoms with Crippen molar-refractivity contribution in [3.8, 4) is 11.8 Å². The number of rotatable bonds is 4. The van der Waals surface area contributed by atoms with E-state index in [0.29, 0.717) is 10.1 Å². The zero-order chi connectivity index (χ0) is 20.5. The number of aromatic amines is 1. The number of para-hydroxylation sites is 2. The van der Waals surface area contributed by atoms with Gasteiger partial charge in [-0.2, -0.15) is 5.26 Å². The predicted molar refractivity (Wildman–Crippen MR) is 121 cm³/mol. The molecule has 0 bridgehead atoms. The first kappa shape index (κ1) is 19.4. The molecule has 0 amide bonds. The number of benzene rings is 2. The van der Waals surface area contributed by atoms with E-state index in [0.717, 1.165) is 44.3 Å². The molecule has 144 valence electrons. The molecule has 2 aromatic carbocycles. The Labute approximate surface area is 178 Å². The molecule has 0 aliphatic rings. The summed E-state index contributed by atoms with van der Waals surface area (Å²) >= 11 is 7.66. The predicted octanol–water partition coefficient (Wildman–Crippen LogP) is 6.59. The topological polar surface area (TPSA) is 57.4 Å². The summed E-state index contributed by atoms with van der Waals surface area (Å²) < 4.78 is 2.15. The Hall–Kier alpha value is -2.94. The van der Waals surface area contributed by atoms with Crippen LogP contribution in [-0.4, -0.2) is 14.5 Å². The molecule has 0 atom stereocenters. The van der Waals surface area contributed by atoms with E-state index >= 15 is 0 Å². The van der Waals surface area contributed by atoms with E-state index in [1.165, 1.54) is 11.8 Å². The number of thioether (sulfide) groups is 1. The van der Waals surface area contributed by atoms with Crippen LogP contribution in [0.2, 0.25) is 5.02 Å². The van der Waals surface area contributed by atoms with E-state index in [2.05, 4.69) is 39.7 Å². The van der Waals surface area contributed by atoms with E-state index in [9.17, 15) is 5.26 Å². The molecule has 29 heavy (non-hydrogen) atoms. The van der Waals surface area contributed by atoms with E-state index in [1.807, 2.05) is 56.3 Å². The number of hydrogen-bond acceptors (Lipinski definition) is 3. The Morgan fingerprint density at radius 1 is 1.17 bits per heavy atom. The Kier molecular flexibility index (Phi) is 5.23. The Morgan fingerprint density at radius 2 is 1.97 bits per heavy atom. The number of hydrogen-bond donors (Lipinski definition) is 1. The van der Waals surface area contributed by atoms with Crippen molar-refractivity contribution in [3.05, 3.63) is 81.0 Å². The summed E-state index contributed by atoms with van der Waals surface area (Å²) in [5.41, 5.74) is 7.05. The average molecular weight is 419 g/mol. The maximum Gasteiger partial charge on any atom is 0.171 e. The monoisotopic (exact) mass is 418 g/mol. The highest BCUT2D eigenvalue weighted by atomic mass is 35.5. The van der Waals surface area contributed by atoms with Crippen molar-refractivity contribution in [3.63, 3.8) is 0 Å². The molecule has 2 aromatic heterocycles. The van der Waals surface area contributed by atoms with Gasteiger partial charge in [0.1, 0.15) is 6.07 Å². The van der Waals surface area contributed by atoms with Gasteiger partial charge in [0.25, 0.3) is 0 Å². The molecule has 0 aliphatic heterocycles. The molecule has 0 aliphatic carbocycles. The molecule has 2 heterocycles. The molecule has 0 fully saturated rings. The van der Waals surface area contributed by atoms with Gasteiger partial charge in [-0.3, -0.25) is 0 Å². The van der Waals surface area contributed by atoms with E-state index < -0.39 is 0 Å². The lowest BCUT2D eigenvalue weighted by molar-refractivity contribution is 0.963. The fraction of sp³-hybridized carbons (Fsp3) is 0.130. The highest BCUT2D eigenvalue weighted by molar-refractivity contribution is 8.03. The molecule has 0 unspecified atom stereocenters. The molecule has 4 aromatic rings. The van der Waals surface area contributed by atoms with Crippen LogP contribution in [0.1, 0.15) is 22.5 Å². The summed E-state index contributed by atoms with van der Waals surface area (Å²) in [6.45, 7) is 6.09. The zero-order valence-electron chi connectivity index (χ0n) is 16.3. The van der Waals surface area contributed by atoms with Crippen LogP contribution in [0.3, 0.4) is 0 Å².